The fourth-order valence-electron chi connectivity index (χ4n) is 2.58. The van der Waals surface area contributed by atoms with Crippen molar-refractivity contribution in [3.8, 4) is 17.4 Å². The standard InChI is InChI=1S/C22H15ClN2O4/c23-19-8-6-15(11-18(19)22(27)28)20-9-7-17(29-20)10-16(12-24)21(26)25-13-14-4-2-1-3-5-14/h1-11H,13H2,(H,25,26)(H,27,28)/p-1/b16-10+. The number of aromatic carboxylic acids is 1. The van der Waals surface area contributed by atoms with Crippen molar-refractivity contribution in [2.45, 2.75) is 6.54 Å². The molecule has 0 saturated heterocycles. The molecule has 0 bridgehead atoms. The number of hydrogen-bond donors (Lipinski definition) is 1. The zero-order valence-electron chi connectivity index (χ0n) is 15.0. The summed E-state index contributed by atoms with van der Waals surface area (Å²) in [4.78, 5) is 23.4. The molecule has 7 heteroatoms. The second-order valence-corrected chi connectivity index (χ2v) is 6.43. The number of hydrogen-bond acceptors (Lipinski definition) is 5. The maximum absolute atomic E-state index is 12.3. The molecule has 6 nitrogen and oxygen atoms in total. The minimum atomic E-state index is -1.40. The molecule has 0 atom stereocenters. The average Bonchev–Trinajstić information content (AvgIpc) is 3.19. The van der Waals surface area contributed by atoms with Crippen molar-refractivity contribution in [1.82, 2.24) is 5.32 Å². The minimum Gasteiger partial charge on any atom is -0.545 e. The lowest BCUT2D eigenvalue weighted by molar-refractivity contribution is -0.255. The Morgan fingerprint density at radius 3 is 2.59 bits per heavy atom. The fraction of sp³-hybridized carbons (Fsp3) is 0.0455. The molecule has 0 aliphatic carbocycles. The Labute approximate surface area is 171 Å². The van der Waals surface area contributed by atoms with Crippen LogP contribution in [0.15, 0.2) is 70.7 Å². The number of nitrogens with one attached hydrogen (secondary N) is 1. The summed E-state index contributed by atoms with van der Waals surface area (Å²) in [5.74, 6) is -1.29. The SMILES string of the molecule is N#C/C(=C\c1ccc(-c2ccc(Cl)c(C(=O)[O-])c2)o1)C(=O)NCc1ccccc1. The van der Waals surface area contributed by atoms with E-state index in [0.29, 0.717) is 17.9 Å². The summed E-state index contributed by atoms with van der Waals surface area (Å²) in [6.07, 6.45) is 1.32. The van der Waals surface area contributed by atoms with E-state index in [9.17, 15) is 20.0 Å². The van der Waals surface area contributed by atoms with Crippen LogP contribution in [0, 0.1) is 11.3 Å². The van der Waals surface area contributed by atoms with Gasteiger partial charge in [0.25, 0.3) is 5.91 Å². The third-order valence-corrected chi connectivity index (χ3v) is 4.37. The molecule has 0 unspecified atom stereocenters. The molecule has 29 heavy (non-hydrogen) atoms. The zero-order valence-corrected chi connectivity index (χ0v) is 15.8. The van der Waals surface area contributed by atoms with Crippen LogP contribution >= 0.6 is 11.6 Å². The summed E-state index contributed by atoms with van der Waals surface area (Å²) in [6, 6.07) is 18.7. The molecule has 3 aromatic rings. The quantitative estimate of drug-likeness (QED) is 0.500. The second kappa shape index (κ2) is 8.91. The second-order valence-electron chi connectivity index (χ2n) is 6.02. The monoisotopic (exact) mass is 405 g/mol. The number of halogens is 1. The average molecular weight is 406 g/mol. The van der Waals surface area contributed by atoms with Gasteiger partial charge in [-0.2, -0.15) is 5.26 Å². The van der Waals surface area contributed by atoms with Crippen molar-refractivity contribution in [3.63, 3.8) is 0 Å². The van der Waals surface area contributed by atoms with Gasteiger partial charge in [0, 0.05) is 28.8 Å². The summed E-state index contributed by atoms with van der Waals surface area (Å²) in [6.45, 7) is 0.291. The van der Waals surface area contributed by atoms with Gasteiger partial charge in [-0.15, -0.1) is 0 Å². The van der Waals surface area contributed by atoms with E-state index in [-0.39, 0.29) is 21.9 Å². The lowest BCUT2D eigenvalue weighted by atomic mass is 10.1. The molecule has 0 spiro atoms. The Kier molecular flexibility index (Phi) is 6.12. The van der Waals surface area contributed by atoms with Gasteiger partial charge in [-0.3, -0.25) is 4.79 Å². The summed E-state index contributed by atoms with van der Waals surface area (Å²) < 4.78 is 5.63. The lowest BCUT2D eigenvalue weighted by Gasteiger charge is -2.06. The number of carbonyl (C=O) groups excluding carboxylic acids is 2. The Balaban J connectivity index is 1.77. The highest BCUT2D eigenvalue weighted by Crippen LogP contribution is 2.27. The molecule has 0 fully saturated rings. The maximum Gasteiger partial charge on any atom is 0.262 e. The van der Waals surface area contributed by atoms with Crippen molar-refractivity contribution < 1.29 is 19.1 Å². The molecule has 1 aromatic heterocycles. The van der Waals surface area contributed by atoms with Gasteiger partial charge in [0.15, 0.2) is 0 Å². The molecule has 3 rings (SSSR count). The summed E-state index contributed by atoms with van der Waals surface area (Å²) in [5.41, 5.74) is 1.11. The van der Waals surface area contributed by atoms with Crippen molar-refractivity contribution >= 4 is 29.6 Å². The van der Waals surface area contributed by atoms with E-state index in [1.807, 2.05) is 36.4 Å². The molecule has 1 heterocycles. The van der Waals surface area contributed by atoms with Crippen LogP contribution in [0.5, 0.6) is 0 Å². The van der Waals surface area contributed by atoms with E-state index in [1.54, 1.807) is 18.2 Å². The number of amides is 1. The van der Waals surface area contributed by atoms with Gasteiger partial charge in [-0.05, 0) is 35.9 Å². The highest BCUT2D eigenvalue weighted by Gasteiger charge is 2.12. The van der Waals surface area contributed by atoms with E-state index < -0.39 is 11.9 Å². The van der Waals surface area contributed by atoms with E-state index in [2.05, 4.69) is 5.32 Å². The Morgan fingerprint density at radius 1 is 1.14 bits per heavy atom. The van der Waals surface area contributed by atoms with Crippen molar-refractivity contribution in [2.75, 3.05) is 0 Å². The van der Waals surface area contributed by atoms with Crippen molar-refractivity contribution in [2.24, 2.45) is 0 Å². The molecule has 144 valence electrons. The normalized spacial score (nSPS) is 11.0. The Morgan fingerprint density at radius 2 is 1.90 bits per heavy atom. The summed E-state index contributed by atoms with van der Waals surface area (Å²) in [5, 5.41) is 23.2. The largest absolute Gasteiger partial charge is 0.545 e. The number of rotatable bonds is 6. The highest BCUT2D eigenvalue weighted by molar-refractivity contribution is 6.33. The predicted octanol–water partition coefficient (Wildman–Crippen LogP) is 3.19. The number of nitrogens with zero attached hydrogens (tertiary/aromatic N) is 1. The first-order valence-electron chi connectivity index (χ1n) is 8.53. The molecule has 2 aromatic carbocycles. The third kappa shape index (κ3) is 4.92. The molecule has 0 saturated carbocycles. The number of furan rings is 1. The molecule has 0 aliphatic rings. The first-order chi connectivity index (χ1) is 14.0. The summed E-state index contributed by atoms with van der Waals surface area (Å²) in [7, 11) is 0. The lowest BCUT2D eigenvalue weighted by Crippen LogP contribution is -2.23. The van der Waals surface area contributed by atoms with Gasteiger partial charge in [-0.25, -0.2) is 0 Å². The van der Waals surface area contributed by atoms with Gasteiger partial charge in [-0.1, -0.05) is 41.9 Å². The number of carbonyl (C=O) groups is 2. The van der Waals surface area contributed by atoms with Crippen LogP contribution in [-0.2, 0) is 11.3 Å². The van der Waals surface area contributed by atoms with Crippen molar-refractivity contribution in [3.05, 3.63) is 88.1 Å². The third-order valence-electron chi connectivity index (χ3n) is 4.05. The van der Waals surface area contributed by atoms with E-state index in [0.717, 1.165) is 5.56 Å². The van der Waals surface area contributed by atoms with Crippen LogP contribution in [-0.4, -0.2) is 11.9 Å². The van der Waals surface area contributed by atoms with E-state index in [4.69, 9.17) is 16.0 Å². The topological polar surface area (TPSA) is 106 Å². The summed E-state index contributed by atoms with van der Waals surface area (Å²) >= 11 is 5.84. The smallest absolute Gasteiger partial charge is 0.262 e. The maximum atomic E-state index is 12.3. The van der Waals surface area contributed by atoms with Crippen LogP contribution in [0.4, 0.5) is 0 Å². The number of carboxylic acids is 1. The first kappa shape index (κ1) is 19.9. The van der Waals surface area contributed by atoms with Gasteiger partial charge >= 0.3 is 0 Å². The zero-order chi connectivity index (χ0) is 20.8. The predicted molar refractivity (Wildman–Crippen MR) is 105 cm³/mol. The van der Waals surface area contributed by atoms with Gasteiger partial charge in [0.05, 0.1) is 5.97 Å². The van der Waals surface area contributed by atoms with E-state index in [1.165, 1.54) is 18.2 Å². The Bertz CT molecular complexity index is 1130. The van der Waals surface area contributed by atoms with E-state index >= 15 is 0 Å². The van der Waals surface area contributed by atoms with Crippen LogP contribution < -0.4 is 10.4 Å². The molecular weight excluding hydrogens is 392 g/mol. The molecular formula is C22H14ClN2O4-. The van der Waals surface area contributed by atoms with Crippen LogP contribution in [0.1, 0.15) is 21.7 Å². The van der Waals surface area contributed by atoms with Crippen molar-refractivity contribution in [1.29, 1.82) is 5.26 Å². The Hall–Kier alpha value is -3.82. The molecule has 1 amide bonds. The van der Waals surface area contributed by atoms with Crippen LogP contribution in [0.3, 0.4) is 0 Å². The minimum absolute atomic E-state index is 0.0577. The number of nitriles is 1. The fourth-order valence-corrected chi connectivity index (χ4v) is 2.78. The van der Waals surface area contributed by atoms with Crippen LogP contribution in [0.2, 0.25) is 5.02 Å². The highest BCUT2D eigenvalue weighted by atomic mass is 35.5. The molecule has 1 N–H and O–H groups in total. The van der Waals surface area contributed by atoms with Gasteiger partial charge in [0.1, 0.15) is 23.2 Å². The molecule has 0 aliphatic heterocycles. The first-order valence-corrected chi connectivity index (χ1v) is 8.91. The number of benzene rings is 2. The van der Waals surface area contributed by atoms with Crippen LogP contribution in [0.25, 0.3) is 17.4 Å². The van der Waals surface area contributed by atoms with Gasteiger partial charge in [0.2, 0.25) is 0 Å². The number of carboxylic acid groups (broad SMARTS) is 1. The molecule has 0 radical (unpaired) electrons. The van der Waals surface area contributed by atoms with Gasteiger partial charge < -0.3 is 19.6 Å².